The van der Waals surface area contributed by atoms with Crippen LogP contribution in [0.3, 0.4) is 0 Å². The zero-order valence-electron chi connectivity index (χ0n) is 14.6. The zero-order chi connectivity index (χ0) is 17.7. The van der Waals surface area contributed by atoms with Crippen molar-refractivity contribution in [3.63, 3.8) is 0 Å². The number of benzene rings is 1. The van der Waals surface area contributed by atoms with E-state index < -0.39 is 5.41 Å². The number of pyridine rings is 1. The molecule has 0 bridgehead atoms. The second-order valence-electron chi connectivity index (χ2n) is 6.62. The number of rotatable bonds is 4. The van der Waals surface area contributed by atoms with Gasteiger partial charge in [0, 0.05) is 30.1 Å². The smallest absolute Gasteiger partial charge is 0.320 e. The highest BCUT2D eigenvalue weighted by Crippen LogP contribution is 2.21. The first-order chi connectivity index (χ1) is 11.3. The third-order valence-electron chi connectivity index (χ3n) is 3.55. The molecule has 2 rings (SSSR count). The summed E-state index contributed by atoms with van der Waals surface area (Å²) in [5.74, 6) is 0.492. The normalized spacial score (nSPS) is 11.2. The molecule has 0 unspecified atom stereocenters. The van der Waals surface area contributed by atoms with Crippen molar-refractivity contribution in [2.24, 2.45) is 5.41 Å². The number of nitrogens with zero attached hydrogens (tertiary/aromatic N) is 1. The van der Waals surface area contributed by atoms with E-state index in [0.29, 0.717) is 18.9 Å². The second kappa shape index (κ2) is 7.29. The Morgan fingerprint density at radius 1 is 1.17 bits per heavy atom. The molecule has 0 aliphatic heterocycles. The minimum atomic E-state index is -0.424. The van der Waals surface area contributed by atoms with Crippen molar-refractivity contribution < 1.29 is 9.59 Å². The highest BCUT2D eigenvalue weighted by atomic mass is 16.2. The van der Waals surface area contributed by atoms with Gasteiger partial charge in [0.2, 0.25) is 5.91 Å². The molecule has 1 aromatic carbocycles. The highest BCUT2D eigenvalue weighted by molar-refractivity contribution is 5.92. The minimum Gasteiger partial charge on any atom is -0.352 e. The summed E-state index contributed by atoms with van der Waals surface area (Å²) in [6, 6.07) is 7.38. The Kier molecular flexibility index (Phi) is 5.39. The fourth-order valence-corrected chi connectivity index (χ4v) is 2.22. The Labute approximate surface area is 142 Å². The Bertz CT molecular complexity index is 750. The summed E-state index contributed by atoms with van der Waals surface area (Å²) in [6.07, 6.45) is 1.72. The number of fused-ring (bicyclic) bond motifs is 1. The fraction of sp³-hybridized carbons (Fsp3) is 0.389. The lowest BCUT2D eigenvalue weighted by atomic mass is 9.95. The van der Waals surface area contributed by atoms with Gasteiger partial charge in [-0.05, 0) is 23.9 Å². The average Bonchev–Trinajstić information content (AvgIpc) is 2.51. The van der Waals surface area contributed by atoms with Crippen LogP contribution < -0.4 is 16.0 Å². The molecular formula is C18H24N4O2. The summed E-state index contributed by atoms with van der Waals surface area (Å²) in [6.45, 7) is 8.49. The molecule has 1 heterocycles. The molecule has 2 aromatic rings. The Morgan fingerprint density at radius 2 is 1.92 bits per heavy atom. The SMILES string of the molecule is CCNC(=O)Nc1cc2cccc(CNC(=O)C(C)(C)C)c2cn1. The summed E-state index contributed by atoms with van der Waals surface area (Å²) in [4.78, 5) is 27.9. The van der Waals surface area contributed by atoms with Crippen molar-refractivity contribution in [1.82, 2.24) is 15.6 Å². The zero-order valence-corrected chi connectivity index (χ0v) is 14.6. The molecule has 24 heavy (non-hydrogen) atoms. The number of urea groups is 1. The number of nitrogens with one attached hydrogen (secondary N) is 3. The molecule has 3 amide bonds. The number of hydrogen-bond donors (Lipinski definition) is 3. The van der Waals surface area contributed by atoms with E-state index in [2.05, 4.69) is 20.9 Å². The van der Waals surface area contributed by atoms with Crippen LogP contribution in [-0.2, 0) is 11.3 Å². The minimum absolute atomic E-state index is 0.00184. The van der Waals surface area contributed by atoms with E-state index in [0.717, 1.165) is 16.3 Å². The van der Waals surface area contributed by atoms with Gasteiger partial charge in [0.25, 0.3) is 0 Å². The molecule has 6 heteroatoms. The largest absolute Gasteiger partial charge is 0.352 e. The Morgan fingerprint density at radius 3 is 2.58 bits per heavy atom. The second-order valence-corrected chi connectivity index (χ2v) is 6.62. The Balaban J connectivity index is 2.18. The van der Waals surface area contributed by atoms with Crippen molar-refractivity contribution in [3.05, 3.63) is 36.0 Å². The van der Waals surface area contributed by atoms with Gasteiger partial charge in [0.05, 0.1) is 0 Å². The fourth-order valence-electron chi connectivity index (χ4n) is 2.22. The van der Waals surface area contributed by atoms with E-state index in [1.165, 1.54) is 0 Å². The predicted octanol–water partition coefficient (Wildman–Crippen LogP) is 3.04. The van der Waals surface area contributed by atoms with Gasteiger partial charge >= 0.3 is 6.03 Å². The van der Waals surface area contributed by atoms with Crippen molar-refractivity contribution >= 4 is 28.5 Å². The van der Waals surface area contributed by atoms with Crippen LogP contribution in [0.1, 0.15) is 33.3 Å². The highest BCUT2D eigenvalue weighted by Gasteiger charge is 2.20. The van der Waals surface area contributed by atoms with Crippen molar-refractivity contribution in [1.29, 1.82) is 0 Å². The van der Waals surface area contributed by atoms with Gasteiger partial charge in [-0.2, -0.15) is 0 Å². The number of anilines is 1. The van der Waals surface area contributed by atoms with E-state index in [9.17, 15) is 9.59 Å². The van der Waals surface area contributed by atoms with E-state index in [-0.39, 0.29) is 11.9 Å². The van der Waals surface area contributed by atoms with E-state index in [1.807, 2.05) is 52.0 Å². The molecule has 0 saturated heterocycles. The van der Waals surface area contributed by atoms with Gasteiger partial charge in [0.15, 0.2) is 0 Å². The van der Waals surface area contributed by atoms with Crippen LogP contribution in [0.4, 0.5) is 10.6 Å². The molecule has 0 spiro atoms. The maximum Gasteiger partial charge on any atom is 0.320 e. The van der Waals surface area contributed by atoms with Crippen LogP contribution in [0.5, 0.6) is 0 Å². The average molecular weight is 328 g/mol. The van der Waals surface area contributed by atoms with Gasteiger partial charge in [-0.15, -0.1) is 0 Å². The van der Waals surface area contributed by atoms with Crippen LogP contribution in [0.15, 0.2) is 30.5 Å². The summed E-state index contributed by atoms with van der Waals surface area (Å²) >= 11 is 0. The third kappa shape index (κ3) is 4.44. The van der Waals surface area contributed by atoms with Crippen LogP contribution in [0.25, 0.3) is 10.8 Å². The standard InChI is InChI=1S/C18H24N4O2/c1-5-19-17(24)22-15-9-12-7-6-8-13(14(12)11-20-15)10-21-16(23)18(2,3)4/h6-9,11H,5,10H2,1-4H3,(H,21,23)(H2,19,20,22,24). The van der Waals surface area contributed by atoms with Crippen LogP contribution >= 0.6 is 0 Å². The van der Waals surface area contributed by atoms with Crippen molar-refractivity contribution in [2.75, 3.05) is 11.9 Å². The lowest BCUT2D eigenvalue weighted by molar-refractivity contribution is -0.128. The summed E-state index contributed by atoms with van der Waals surface area (Å²) < 4.78 is 0. The molecular weight excluding hydrogens is 304 g/mol. The maximum atomic E-state index is 12.0. The molecule has 128 valence electrons. The molecule has 0 aliphatic carbocycles. The number of hydrogen-bond acceptors (Lipinski definition) is 3. The lowest BCUT2D eigenvalue weighted by Gasteiger charge is -2.18. The first-order valence-corrected chi connectivity index (χ1v) is 8.02. The van der Waals surface area contributed by atoms with Crippen LogP contribution in [-0.4, -0.2) is 23.5 Å². The van der Waals surface area contributed by atoms with Crippen molar-refractivity contribution in [3.8, 4) is 0 Å². The van der Waals surface area contributed by atoms with Crippen LogP contribution in [0, 0.1) is 5.41 Å². The maximum absolute atomic E-state index is 12.0. The van der Waals surface area contributed by atoms with Gasteiger partial charge in [-0.1, -0.05) is 39.0 Å². The van der Waals surface area contributed by atoms with E-state index in [4.69, 9.17) is 0 Å². The Hall–Kier alpha value is -2.63. The van der Waals surface area contributed by atoms with Crippen molar-refractivity contribution in [2.45, 2.75) is 34.2 Å². The number of carbonyl (C=O) groups is 2. The molecule has 6 nitrogen and oxygen atoms in total. The summed E-state index contributed by atoms with van der Waals surface area (Å²) in [5, 5.41) is 10.2. The molecule has 0 aliphatic rings. The van der Waals surface area contributed by atoms with E-state index in [1.54, 1.807) is 6.20 Å². The van der Waals surface area contributed by atoms with Gasteiger partial charge in [-0.25, -0.2) is 9.78 Å². The number of carbonyl (C=O) groups excluding carboxylic acids is 2. The first kappa shape index (κ1) is 17.7. The van der Waals surface area contributed by atoms with E-state index >= 15 is 0 Å². The number of aromatic nitrogens is 1. The molecule has 0 saturated carbocycles. The monoisotopic (exact) mass is 328 g/mol. The number of amides is 3. The topological polar surface area (TPSA) is 83.1 Å². The third-order valence-corrected chi connectivity index (χ3v) is 3.55. The summed E-state index contributed by atoms with van der Waals surface area (Å²) in [5.41, 5.74) is 0.564. The molecule has 3 N–H and O–H groups in total. The molecule has 0 radical (unpaired) electrons. The van der Waals surface area contributed by atoms with Crippen LogP contribution in [0.2, 0.25) is 0 Å². The van der Waals surface area contributed by atoms with Gasteiger partial charge < -0.3 is 10.6 Å². The quantitative estimate of drug-likeness (QED) is 0.806. The lowest BCUT2D eigenvalue weighted by Crippen LogP contribution is -2.34. The first-order valence-electron chi connectivity index (χ1n) is 8.02. The van der Waals surface area contributed by atoms with Gasteiger partial charge in [-0.3, -0.25) is 10.1 Å². The van der Waals surface area contributed by atoms with Gasteiger partial charge in [0.1, 0.15) is 5.82 Å². The predicted molar refractivity (Wildman–Crippen MR) is 95.7 cm³/mol. The summed E-state index contributed by atoms with van der Waals surface area (Å²) in [7, 11) is 0. The molecule has 1 aromatic heterocycles. The molecule has 0 atom stereocenters. The molecule has 0 fully saturated rings.